The standard InChI is InChI=1S/C22H21N5O4S2/c23-33(29,30)18-10-8-16(9-11-18)13-24-20(28)15-32-22-26-25-21(19-7-4-12-31-19)27(22)14-17-5-2-1-3-6-17/h1-12H,13-15H2,(H,24,28)(H2,23,29,30). The van der Waals surface area contributed by atoms with Crippen LogP contribution < -0.4 is 10.5 Å². The normalized spacial score (nSPS) is 11.4. The number of hydrogen-bond donors (Lipinski definition) is 2. The maximum Gasteiger partial charge on any atom is 0.238 e. The Hall–Kier alpha value is -3.41. The van der Waals surface area contributed by atoms with Gasteiger partial charge in [-0.1, -0.05) is 54.2 Å². The lowest BCUT2D eigenvalue weighted by Crippen LogP contribution is -2.24. The first-order chi connectivity index (χ1) is 15.9. The van der Waals surface area contributed by atoms with Gasteiger partial charge in [-0.3, -0.25) is 9.36 Å². The van der Waals surface area contributed by atoms with Crippen LogP contribution in [0.15, 0.2) is 87.5 Å². The molecule has 1 amide bonds. The van der Waals surface area contributed by atoms with Gasteiger partial charge in [-0.2, -0.15) is 0 Å². The molecule has 2 aromatic heterocycles. The molecule has 170 valence electrons. The van der Waals surface area contributed by atoms with Gasteiger partial charge in [0.05, 0.1) is 23.5 Å². The van der Waals surface area contributed by atoms with E-state index in [1.807, 2.05) is 41.0 Å². The van der Waals surface area contributed by atoms with E-state index < -0.39 is 10.0 Å². The van der Waals surface area contributed by atoms with Gasteiger partial charge in [-0.15, -0.1) is 10.2 Å². The Bertz CT molecular complexity index is 1320. The molecule has 2 heterocycles. The lowest BCUT2D eigenvalue weighted by molar-refractivity contribution is -0.118. The highest BCUT2D eigenvalue weighted by Crippen LogP contribution is 2.25. The highest BCUT2D eigenvalue weighted by Gasteiger charge is 2.18. The van der Waals surface area contributed by atoms with Crippen LogP contribution in [0, 0.1) is 0 Å². The molecule has 0 aliphatic carbocycles. The fourth-order valence-electron chi connectivity index (χ4n) is 3.07. The summed E-state index contributed by atoms with van der Waals surface area (Å²) in [6, 6.07) is 19.5. The van der Waals surface area contributed by atoms with E-state index in [-0.39, 0.29) is 23.1 Å². The summed E-state index contributed by atoms with van der Waals surface area (Å²) >= 11 is 1.27. The molecular formula is C22H21N5O4S2. The predicted octanol–water partition coefficient (Wildman–Crippen LogP) is 2.64. The molecule has 0 spiro atoms. The van der Waals surface area contributed by atoms with Crippen molar-refractivity contribution in [3.63, 3.8) is 0 Å². The van der Waals surface area contributed by atoms with E-state index in [0.717, 1.165) is 11.1 Å². The molecule has 0 fully saturated rings. The van der Waals surface area contributed by atoms with Crippen LogP contribution in [0.3, 0.4) is 0 Å². The summed E-state index contributed by atoms with van der Waals surface area (Å²) in [4.78, 5) is 12.4. The van der Waals surface area contributed by atoms with Crippen LogP contribution >= 0.6 is 11.8 Å². The van der Waals surface area contributed by atoms with E-state index in [1.54, 1.807) is 24.5 Å². The van der Waals surface area contributed by atoms with E-state index in [0.29, 0.717) is 23.3 Å². The Morgan fingerprint density at radius 3 is 2.42 bits per heavy atom. The van der Waals surface area contributed by atoms with Crippen molar-refractivity contribution in [2.75, 3.05) is 5.75 Å². The number of aromatic nitrogens is 3. The molecule has 0 aliphatic heterocycles. The SMILES string of the molecule is NS(=O)(=O)c1ccc(CNC(=O)CSc2nnc(-c3ccco3)n2Cc2ccccc2)cc1. The van der Waals surface area contributed by atoms with Crippen LogP contribution in [0.2, 0.25) is 0 Å². The van der Waals surface area contributed by atoms with Gasteiger partial charge in [-0.05, 0) is 35.4 Å². The Kier molecular flexibility index (Phi) is 6.92. The third-order valence-corrected chi connectivity index (χ3v) is 6.61. The van der Waals surface area contributed by atoms with Gasteiger partial charge in [0.1, 0.15) is 0 Å². The second-order valence-electron chi connectivity index (χ2n) is 7.11. The molecule has 0 aliphatic rings. The van der Waals surface area contributed by atoms with Crippen molar-refractivity contribution in [3.8, 4) is 11.6 Å². The Balaban J connectivity index is 1.41. The van der Waals surface area contributed by atoms with Gasteiger partial charge in [-0.25, -0.2) is 13.6 Å². The van der Waals surface area contributed by atoms with Gasteiger partial charge < -0.3 is 9.73 Å². The number of rotatable bonds is 9. The summed E-state index contributed by atoms with van der Waals surface area (Å²) in [6.45, 7) is 0.795. The number of nitrogens with two attached hydrogens (primary N) is 1. The summed E-state index contributed by atoms with van der Waals surface area (Å²) in [6.07, 6.45) is 1.58. The number of primary sulfonamides is 1. The van der Waals surface area contributed by atoms with Crippen molar-refractivity contribution in [1.82, 2.24) is 20.1 Å². The minimum Gasteiger partial charge on any atom is -0.461 e. The quantitative estimate of drug-likeness (QED) is 0.350. The van der Waals surface area contributed by atoms with E-state index in [2.05, 4.69) is 15.5 Å². The molecule has 4 rings (SSSR count). The minimum absolute atomic E-state index is 0.0262. The largest absolute Gasteiger partial charge is 0.461 e. The number of carbonyl (C=O) groups is 1. The van der Waals surface area contributed by atoms with Crippen molar-refractivity contribution in [3.05, 3.63) is 84.1 Å². The molecule has 11 heteroatoms. The van der Waals surface area contributed by atoms with Crippen molar-refractivity contribution in [1.29, 1.82) is 0 Å². The fraction of sp³-hybridized carbons (Fsp3) is 0.136. The Morgan fingerprint density at radius 1 is 1.00 bits per heavy atom. The Morgan fingerprint density at radius 2 is 1.76 bits per heavy atom. The Labute approximate surface area is 195 Å². The molecule has 0 atom stereocenters. The molecule has 3 N–H and O–H groups in total. The molecule has 0 saturated carbocycles. The van der Waals surface area contributed by atoms with Gasteiger partial charge in [0.2, 0.25) is 21.8 Å². The first-order valence-corrected chi connectivity index (χ1v) is 12.5. The van der Waals surface area contributed by atoms with Gasteiger partial charge in [0.15, 0.2) is 10.9 Å². The smallest absolute Gasteiger partial charge is 0.238 e. The first kappa shape index (κ1) is 22.8. The fourth-order valence-corrected chi connectivity index (χ4v) is 4.35. The monoisotopic (exact) mass is 483 g/mol. The zero-order chi connectivity index (χ0) is 23.3. The van der Waals surface area contributed by atoms with Gasteiger partial charge >= 0.3 is 0 Å². The van der Waals surface area contributed by atoms with E-state index in [9.17, 15) is 13.2 Å². The highest BCUT2D eigenvalue weighted by atomic mass is 32.2. The van der Waals surface area contributed by atoms with Crippen molar-refractivity contribution in [2.24, 2.45) is 5.14 Å². The third-order valence-electron chi connectivity index (χ3n) is 4.72. The minimum atomic E-state index is -3.74. The van der Waals surface area contributed by atoms with Crippen LogP contribution in [0.1, 0.15) is 11.1 Å². The van der Waals surface area contributed by atoms with Crippen LogP contribution in [-0.4, -0.2) is 34.8 Å². The van der Waals surface area contributed by atoms with Gasteiger partial charge in [0.25, 0.3) is 0 Å². The van der Waals surface area contributed by atoms with Crippen LogP contribution in [0.25, 0.3) is 11.6 Å². The second kappa shape index (κ2) is 10.0. The van der Waals surface area contributed by atoms with Crippen molar-refractivity contribution >= 4 is 27.7 Å². The predicted molar refractivity (Wildman–Crippen MR) is 124 cm³/mol. The number of hydrogen-bond acceptors (Lipinski definition) is 7. The van der Waals surface area contributed by atoms with Crippen LogP contribution in [0.4, 0.5) is 0 Å². The number of nitrogens with zero attached hydrogens (tertiary/aromatic N) is 3. The average Bonchev–Trinajstić information content (AvgIpc) is 3.47. The summed E-state index contributed by atoms with van der Waals surface area (Å²) in [7, 11) is -3.74. The zero-order valence-electron chi connectivity index (χ0n) is 17.4. The molecular weight excluding hydrogens is 462 g/mol. The maximum atomic E-state index is 12.4. The summed E-state index contributed by atoms with van der Waals surface area (Å²) in [5.41, 5.74) is 1.83. The number of sulfonamides is 1. The molecule has 33 heavy (non-hydrogen) atoms. The lowest BCUT2D eigenvalue weighted by Gasteiger charge is -2.10. The summed E-state index contributed by atoms with van der Waals surface area (Å²) in [5, 5.41) is 17.0. The van der Waals surface area contributed by atoms with Crippen LogP contribution in [-0.2, 0) is 27.9 Å². The van der Waals surface area contributed by atoms with E-state index in [4.69, 9.17) is 9.56 Å². The first-order valence-electron chi connectivity index (χ1n) is 9.92. The number of carbonyl (C=O) groups excluding carboxylic acids is 1. The number of thioether (sulfide) groups is 1. The number of furan rings is 1. The van der Waals surface area contributed by atoms with Crippen molar-refractivity contribution < 1.29 is 17.6 Å². The second-order valence-corrected chi connectivity index (χ2v) is 9.61. The van der Waals surface area contributed by atoms with E-state index in [1.165, 1.54) is 23.9 Å². The average molecular weight is 484 g/mol. The number of benzene rings is 2. The van der Waals surface area contributed by atoms with Crippen molar-refractivity contribution in [2.45, 2.75) is 23.1 Å². The molecule has 0 bridgehead atoms. The lowest BCUT2D eigenvalue weighted by atomic mass is 10.2. The summed E-state index contributed by atoms with van der Waals surface area (Å²) in [5.74, 6) is 1.13. The van der Waals surface area contributed by atoms with Crippen LogP contribution in [0.5, 0.6) is 0 Å². The molecule has 0 radical (unpaired) electrons. The molecule has 0 saturated heterocycles. The topological polar surface area (TPSA) is 133 Å². The third kappa shape index (κ3) is 5.89. The number of amides is 1. The molecule has 2 aromatic carbocycles. The highest BCUT2D eigenvalue weighted by molar-refractivity contribution is 7.99. The molecule has 9 nitrogen and oxygen atoms in total. The summed E-state index contributed by atoms with van der Waals surface area (Å²) < 4.78 is 30.1. The number of nitrogens with one attached hydrogen (secondary N) is 1. The molecule has 4 aromatic rings. The molecule has 0 unspecified atom stereocenters. The van der Waals surface area contributed by atoms with E-state index >= 15 is 0 Å². The zero-order valence-corrected chi connectivity index (χ0v) is 19.1. The maximum absolute atomic E-state index is 12.4. The van der Waals surface area contributed by atoms with Gasteiger partial charge in [0, 0.05) is 6.54 Å².